The number of hydrogen-bond acceptors (Lipinski definition) is 4. The van der Waals surface area contributed by atoms with Gasteiger partial charge in [-0.05, 0) is 55.6 Å². The van der Waals surface area contributed by atoms with Crippen molar-refractivity contribution < 1.29 is 27.4 Å². The fraction of sp³-hybridized carbons (Fsp3) is 0.565. The number of hydrogen-bond donors (Lipinski definition) is 2. The van der Waals surface area contributed by atoms with Crippen molar-refractivity contribution in [3.8, 4) is 11.5 Å². The number of imidazole rings is 1. The van der Waals surface area contributed by atoms with Crippen molar-refractivity contribution in [2.75, 3.05) is 19.5 Å². The van der Waals surface area contributed by atoms with Crippen LogP contribution in [-0.4, -0.2) is 30.1 Å². The molecule has 1 aromatic heterocycles. The summed E-state index contributed by atoms with van der Waals surface area (Å²) in [5.41, 5.74) is 0.0231. The molecule has 2 N–H and O–H groups in total. The fourth-order valence-corrected chi connectivity index (χ4v) is 4.60. The zero-order chi connectivity index (χ0) is 23.5. The highest BCUT2D eigenvalue weighted by molar-refractivity contribution is 6.07. The number of aromatic nitrogens is 2. The summed E-state index contributed by atoms with van der Waals surface area (Å²) in [6.45, 7) is 4.42. The molecule has 9 heteroatoms. The van der Waals surface area contributed by atoms with Crippen LogP contribution < -0.4 is 14.8 Å². The number of ether oxygens (including phenoxy) is 2. The van der Waals surface area contributed by atoms with Crippen molar-refractivity contribution in [3.63, 3.8) is 0 Å². The maximum absolute atomic E-state index is 13.2. The van der Waals surface area contributed by atoms with Crippen molar-refractivity contribution in [1.82, 2.24) is 9.97 Å². The third kappa shape index (κ3) is 4.71. The molecule has 0 radical (unpaired) electrons. The number of amides is 1. The molecule has 0 atom stereocenters. The van der Waals surface area contributed by atoms with Gasteiger partial charge in [-0.2, -0.15) is 13.2 Å². The molecule has 1 heterocycles. The van der Waals surface area contributed by atoms with Gasteiger partial charge in [-0.25, -0.2) is 4.98 Å². The lowest BCUT2D eigenvalue weighted by atomic mass is 9.60. The van der Waals surface area contributed by atoms with Gasteiger partial charge in [0.05, 0.1) is 26.0 Å². The number of methoxy groups -OCH3 is 2. The van der Waals surface area contributed by atoms with Crippen LogP contribution in [0.15, 0.2) is 18.3 Å². The molecule has 32 heavy (non-hydrogen) atoms. The Balaban J connectivity index is 1.82. The highest BCUT2D eigenvalue weighted by atomic mass is 19.4. The van der Waals surface area contributed by atoms with E-state index in [0.29, 0.717) is 5.92 Å². The molecule has 0 spiro atoms. The van der Waals surface area contributed by atoms with E-state index in [9.17, 15) is 18.0 Å². The highest BCUT2D eigenvalue weighted by Crippen LogP contribution is 2.48. The highest BCUT2D eigenvalue weighted by Gasteiger charge is 2.39. The van der Waals surface area contributed by atoms with Crippen LogP contribution in [0.4, 0.5) is 19.1 Å². The monoisotopic (exact) mass is 453 g/mol. The summed E-state index contributed by atoms with van der Waals surface area (Å²) in [6.07, 6.45) is 3.82. The Morgan fingerprint density at radius 3 is 2.19 bits per heavy atom. The van der Waals surface area contributed by atoms with E-state index in [1.165, 1.54) is 33.5 Å². The second kappa shape index (κ2) is 9.42. The van der Waals surface area contributed by atoms with Gasteiger partial charge in [-0.1, -0.05) is 20.3 Å². The van der Waals surface area contributed by atoms with Gasteiger partial charge in [0.2, 0.25) is 5.95 Å². The molecule has 6 nitrogen and oxygen atoms in total. The van der Waals surface area contributed by atoms with Crippen LogP contribution >= 0.6 is 0 Å². The summed E-state index contributed by atoms with van der Waals surface area (Å²) < 4.78 is 49.6. The van der Waals surface area contributed by atoms with E-state index in [-0.39, 0.29) is 28.4 Å². The molecule has 1 amide bonds. The normalized spacial score (nSPS) is 14.7. The molecule has 176 valence electrons. The van der Waals surface area contributed by atoms with Crippen molar-refractivity contribution in [3.05, 3.63) is 35.2 Å². The van der Waals surface area contributed by atoms with Crippen LogP contribution in [0, 0.1) is 11.3 Å². The van der Waals surface area contributed by atoms with Crippen LogP contribution in [0.25, 0.3) is 0 Å². The van der Waals surface area contributed by atoms with Gasteiger partial charge < -0.3 is 14.5 Å². The van der Waals surface area contributed by atoms with Crippen LogP contribution in [0.3, 0.4) is 0 Å². The van der Waals surface area contributed by atoms with E-state index in [0.717, 1.165) is 37.1 Å². The molecule has 0 aliphatic heterocycles. The summed E-state index contributed by atoms with van der Waals surface area (Å²) in [6, 6.07) is 1.56. The first-order valence-corrected chi connectivity index (χ1v) is 10.9. The average molecular weight is 454 g/mol. The van der Waals surface area contributed by atoms with E-state index in [4.69, 9.17) is 9.47 Å². The van der Waals surface area contributed by atoms with Crippen LogP contribution in [0.1, 0.15) is 67.6 Å². The second-order valence-corrected chi connectivity index (χ2v) is 8.34. The van der Waals surface area contributed by atoms with Crippen LogP contribution in [0.5, 0.6) is 11.5 Å². The smallest absolute Gasteiger partial charge is 0.416 e. The molecule has 1 saturated carbocycles. The average Bonchev–Trinajstić information content (AvgIpc) is 3.16. The van der Waals surface area contributed by atoms with E-state index in [1.807, 2.05) is 0 Å². The van der Waals surface area contributed by atoms with Gasteiger partial charge in [0.25, 0.3) is 5.91 Å². The minimum Gasteiger partial charge on any atom is -0.496 e. The lowest BCUT2D eigenvalue weighted by Crippen LogP contribution is -2.36. The molecule has 2 aromatic rings. The Morgan fingerprint density at radius 2 is 1.75 bits per heavy atom. The van der Waals surface area contributed by atoms with E-state index >= 15 is 0 Å². The third-order valence-electron chi connectivity index (χ3n) is 6.84. The fourth-order valence-electron chi connectivity index (χ4n) is 4.60. The molecule has 1 aliphatic carbocycles. The molecular formula is C23H30F3N3O3. The number of aromatic amines is 1. The maximum atomic E-state index is 13.2. The Hall–Kier alpha value is -2.71. The number of alkyl halides is 3. The maximum Gasteiger partial charge on any atom is 0.416 e. The molecule has 1 aliphatic rings. The Kier molecular flexibility index (Phi) is 7.05. The Bertz CT molecular complexity index is 922. The molecule has 1 aromatic carbocycles. The predicted molar refractivity (Wildman–Crippen MR) is 115 cm³/mol. The first kappa shape index (κ1) is 23.9. The lowest BCUT2D eigenvalue weighted by Gasteiger charge is -2.44. The summed E-state index contributed by atoms with van der Waals surface area (Å²) in [5, 5.41) is 2.62. The molecular weight excluding hydrogens is 423 g/mol. The summed E-state index contributed by atoms with van der Waals surface area (Å²) in [7, 11) is 2.40. The van der Waals surface area contributed by atoms with E-state index in [1.54, 1.807) is 6.20 Å². The standard InChI is InChI=1S/C23H30F3N3O3/c1-5-22(6-2,14-8-7-9-14)12-16-13-27-21(28-16)29-20(30)19-17(31-3)10-15(23(24,25)26)11-18(19)32-4/h10-11,13-14H,5-9,12H2,1-4H3,(H2,27,28,29,30). The summed E-state index contributed by atoms with van der Waals surface area (Å²) >= 11 is 0. The van der Waals surface area contributed by atoms with E-state index < -0.39 is 17.6 Å². The molecule has 0 bridgehead atoms. The minimum absolute atomic E-state index is 0.133. The topological polar surface area (TPSA) is 76.2 Å². The quantitative estimate of drug-likeness (QED) is 0.500. The van der Waals surface area contributed by atoms with Crippen LogP contribution in [-0.2, 0) is 12.6 Å². The SMILES string of the molecule is CCC(CC)(Cc1cnc(NC(=O)c2c(OC)cc(C(F)(F)F)cc2OC)[nH]1)C1CCC1. The number of benzene rings is 1. The third-order valence-corrected chi connectivity index (χ3v) is 6.84. The van der Waals surface area contributed by atoms with Gasteiger partial charge in [0, 0.05) is 5.69 Å². The summed E-state index contributed by atoms with van der Waals surface area (Å²) in [4.78, 5) is 20.3. The molecule has 0 saturated heterocycles. The van der Waals surface area contributed by atoms with Gasteiger partial charge >= 0.3 is 6.18 Å². The van der Waals surface area contributed by atoms with E-state index in [2.05, 4.69) is 29.1 Å². The largest absolute Gasteiger partial charge is 0.496 e. The lowest BCUT2D eigenvalue weighted by molar-refractivity contribution is -0.137. The molecule has 3 rings (SSSR count). The number of nitrogens with one attached hydrogen (secondary N) is 2. The number of anilines is 1. The molecule has 0 unspecified atom stereocenters. The number of nitrogens with zero attached hydrogens (tertiary/aromatic N) is 1. The zero-order valence-electron chi connectivity index (χ0n) is 18.9. The van der Waals surface area contributed by atoms with Gasteiger partial charge in [-0.15, -0.1) is 0 Å². The number of carbonyl (C=O) groups excluding carboxylic acids is 1. The van der Waals surface area contributed by atoms with Crippen molar-refractivity contribution in [1.29, 1.82) is 0 Å². The van der Waals surface area contributed by atoms with Crippen molar-refractivity contribution in [2.45, 2.75) is 58.5 Å². The van der Waals surface area contributed by atoms with Gasteiger partial charge in [0.1, 0.15) is 17.1 Å². The Labute approximate surface area is 185 Å². The summed E-state index contributed by atoms with van der Waals surface area (Å²) in [5.74, 6) is -0.225. The number of rotatable bonds is 9. The number of carbonyl (C=O) groups is 1. The number of H-pyrrole nitrogens is 1. The first-order valence-electron chi connectivity index (χ1n) is 10.9. The van der Waals surface area contributed by atoms with Crippen LogP contribution in [0.2, 0.25) is 0 Å². The Morgan fingerprint density at radius 1 is 1.16 bits per heavy atom. The zero-order valence-corrected chi connectivity index (χ0v) is 18.9. The van der Waals surface area contributed by atoms with Crippen molar-refractivity contribution in [2.24, 2.45) is 11.3 Å². The second-order valence-electron chi connectivity index (χ2n) is 8.34. The van der Waals surface area contributed by atoms with Gasteiger partial charge in [-0.3, -0.25) is 10.1 Å². The predicted octanol–water partition coefficient (Wildman–Crippen LogP) is 5.85. The van der Waals surface area contributed by atoms with Crippen molar-refractivity contribution >= 4 is 11.9 Å². The number of halogens is 3. The van der Waals surface area contributed by atoms with Gasteiger partial charge in [0.15, 0.2) is 0 Å². The minimum atomic E-state index is -4.60. The first-order chi connectivity index (χ1) is 15.2. The molecule has 1 fully saturated rings.